The third kappa shape index (κ3) is 3.53. The molecule has 0 radical (unpaired) electrons. The van der Waals surface area contributed by atoms with Gasteiger partial charge in [-0.3, -0.25) is 4.90 Å². The van der Waals surface area contributed by atoms with Crippen LogP contribution < -0.4 is 14.8 Å². The van der Waals surface area contributed by atoms with Crippen LogP contribution >= 0.6 is 0 Å². The summed E-state index contributed by atoms with van der Waals surface area (Å²) < 4.78 is 11.0. The van der Waals surface area contributed by atoms with Crippen molar-refractivity contribution in [2.75, 3.05) is 38.3 Å². The Morgan fingerprint density at radius 1 is 0.960 bits per heavy atom. The van der Waals surface area contributed by atoms with Crippen molar-refractivity contribution in [1.29, 1.82) is 0 Å². The molecule has 6 nitrogen and oxygen atoms in total. The predicted octanol–water partition coefficient (Wildman–Crippen LogP) is 2.77. The first kappa shape index (κ1) is 15.8. The number of anilines is 1. The van der Waals surface area contributed by atoms with E-state index in [4.69, 9.17) is 9.47 Å². The molecule has 2 amide bonds. The maximum absolute atomic E-state index is 12.3. The van der Waals surface area contributed by atoms with Crippen LogP contribution in [0.4, 0.5) is 10.5 Å². The molecule has 130 valence electrons. The Labute approximate surface area is 146 Å². The molecule has 25 heavy (non-hydrogen) atoms. The minimum absolute atomic E-state index is 0.0387. The molecule has 1 N–H and O–H groups in total. The first-order valence-electron chi connectivity index (χ1n) is 8.50. The van der Waals surface area contributed by atoms with E-state index >= 15 is 0 Å². The van der Waals surface area contributed by atoms with Crippen LogP contribution in [0.5, 0.6) is 11.5 Å². The van der Waals surface area contributed by atoms with Crippen LogP contribution in [-0.2, 0) is 6.54 Å². The molecule has 1 fully saturated rings. The summed E-state index contributed by atoms with van der Waals surface area (Å²) in [7, 11) is 0. The smallest absolute Gasteiger partial charge is 0.321 e. The van der Waals surface area contributed by atoms with Gasteiger partial charge in [-0.15, -0.1) is 0 Å². The number of nitrogens with one attached hydrogen (secondary N) is 1. The lowest BCUT2D eigenvalue weighted by Gasteiger charge is -2.34. The van der Waals surface area contributed by atoms with E-state index in [1.165, 1.54) is 0 Å². The number of rotatable bonds is 3. The Morgan fingerprint density at radius 3 is 2.56 bits per heavy atom. The van der Waals surface area contributed by atoms with E-state index in [0.717, 1.165) is 42.4 Å². The average molecular weight is 339 g/mol. The summed E-state index contributed by atoms with van der Waals surface area (Å²) in [6.45, 7) is 4.20. The zero-order chi connectivity index (χ0) is 17.1. The number of hydrogen-bond acceptors (Lipinski definition) is 4. The predicted molar refractivity (Wildman–Crippen MR) is 94.9 cm³/mol. The van der Waals surface area contributed by atoms with Gasteiger partial charge in [0.1, 0.15) is 0 Å². The van der Waals surface area contributed by atoms with Crippen LogP contribution in [0.1, 0.15) is 5.56 Å². The number of hydrogen-bond donors (Lipinski definition) is 1. The number of carbonyl (C=O) groups excluding carboxylic acids is 1. The van der Waals surface area contributed by atoms with Crippen molar-refractivity contribution in [1.82, 2.24) is 9.80 Å². The molecular formula is C19H21N3O3. The molecule has 0 unspecified atom stereocenters. The topological polar surface area (TPSA) is 54.0 Å². The Bertz CT molecular complexity index is 743. The molecular weight excluding hydrogens is 318 g/mol. The molecule has 2 aliphatic heterocycles. The van der Waals surface area contributed by atoms with Gasteiger partial charge in [-0.1, -0.05) is 30.3 Å². The van der Waals surface area contributed by atoms with E-state index in [1.807, 2.05) is 47.4 Å². The second-order valence-corrected chi connectivity index (χ2v) is 6.21. The number of fused-ring (bicyclic) bond motifs is 1. The third-order valence-corrected chi connectivity index (χ3v) is 4.56. The molecule has 0 aromatic heterocycles. The molecule has 0 bridgehead atoms. The molecule has 6 heteroatoms. The standard InChI is InChI=1S/C19H21N3O3/c23-19(20-16-6-2-1-3-7-16)22-11-9-21(10-12-22)13-15-5-4-8-17-18(15)25-14-24-17/h1-8H,9-14H2,(H,20,23). The van der Waals surface area contributed by atoms with Crippen molar-refractivity contribution in [2.45, 2.75) is 6.54 Å². The summed E-state index contributed by atoms with van der Waals surface area (Å²) in [6, 6.07) is 15.5. The summed E-state index contributed by atoms with van der Waals surface area (Å²) in [5.41, 5.74) is 1.96. The second kappa shape index (κ2) is 7.03. The molecule has 2 aromatic rings. The summed E-state index contributed by atoms with van der Waals surface area (Å²) in [4.78, 5) is 16.5. The van der Waals surface area contributed by atoms with E-state index in [1.54, 1.807) is 0 Å². The Hall–Kier alpha value is -2.73. The first-order chi connectivity index (χ1) is 12.3. The van der Waals surface area contributed by atoms with Crippen molar-refractivity contribution >= 4 is 11.7 Å². The highest BCUT2D eigenvalue weighted by molar-refractivity contribution is 5.89. The van der Waals surface area contributed by atoms with Crippen molar-refractivity contribution < 1.29 is 14.3 Å². The fourth-order valence-electron chi connectivity index (χ4n) is 3.19. The van der Waals surface area contributed by atoms with Gasteiger partial charge in [0.15, 0.2) is 11.5 Å². The van der Waals surface area contributed by atoms with Crippen LogP contribution in [0.25, 0.3) is 0 Å². The molecule has 2 heterocycles. The van der Waals surface area contributed by atoms with Gasteiger partial charge >= 0.3 is 6.03 Å². The van der Waals surface area contributed by atoms with E-state index in [2.05, 4.69) is 16.3 Å². The van der Waals surface area contributed by atoms with Crippen molar-refractivity contribution in [3.63, 3.8) is 0 Å². The lowest BCUT2D eigenvalue weighted by Crippen LogP contribution is -2.49. The third-order valence-electron chi connectivity index (χ3n) is 4.56. The number of para-hydroxylation sites is 2. The highest BCUT2D eigenvalue weighted by Crippen LogP contribution is 2.35. The Balaban J connectivity index is 1.31. The lowest BCUT2D eigenvalue weighted by molar-refractivity contribution is 0.140. The van der Waals surface area contributed by atoms with Gasteiger partial charge < -0.3 is 19.7 Å². The van der Waals surface area contributed by atoms with Gasteiger partial charge in [-0.05, 0) is 18.2 Å². The molecule has 2 aromatic carbocycles. The highest BCUT2D eigenvalue weighted by Gasteiger charge is 2.23. The lowest BCUT2D eigenvalue weighted by atomic mass is 10.1. The van der Waals surface area contributed by atoms with E-state index in [-0.39, 0.29) is 6.03 Å². The Kier molecular flexibility index (Phi) is 4.43. The molecule has 0 aliphatic carbocycles. The number of piperazine rings is 1. The number of amides is 2. The van der Waals surface area contributed by atoms with E-state index in [0.29, 0.717) is 19.9 Å². The molecule has 0 spiro atoms. The van der Waals surface area contributed by atoms with Gasteiger partial charge in [0.25, 0.3) is 0 Å². The van der Waals surface area contributed by atoms with Crippen molar-refractivity contribution in [3.8, 4) is 11.5 Å². The molecule has 4 rings (SSSR count). The zero-order valence-corrected chi connectivity index (χ0v) is 14.0. The summed E-state index contributed by atoms with van der Waals surface area (Å²) in [6.07, 6.45) is 0. The van der Waals surface area contributed by atoms with Crippen LogP contribution in [0, 0.1) is 0 Å². The van der Waals surface area contributed by atoms with E-state index < -0.39 is 0 Å². The fraction of sp³-hybridized carbons (Fsp3) is 0.316. The average Bonchev–Trinajstić information content (AvgIpc) is 3.13. The number of nitrogens with zero attached hydrogens (tertiary/aromatic N) is 2. The zero-order valence-electron chi connectivity index (χ0n) is 14.0. The van der Waals surface area contributed by atoms with Gasteiger partial charge in [0.05, 0.1) is 0 Å². The Morgan fingerprint density at radius 2 is 1.76 bits per heavy atom. The quantitative estimate of drug-likeness (QED) is 0.934. The maximum atomic E-state index is 12.3. The van der Waals surface area contributed by atoms with E-state index in [9.17, 15) is 4.79 Å². The van der Waals surface area contributed by atoms with Crippen LogP contribution in [-0.4, -0.2) is 48.8 Å². The monoisotopic (exact) mass is 339 g/mol. The summed E-state index contributed by atoms with van der Waals surface area (Å²) in [5, 5.41) is 2.94. The van der Waals surface area contributed by atoms with Gasteiger partial charge in [-0.25, -0.2) is 4.79 Å². The van der Waals surface area contributed by atoms with Crippen LogP contribution in [0.2, 0.25) is 0 Å². The number of urea groups is 1. The minimum atomic E-state index is -0.0387. The fourth-order valence-corrected chi connectivity index (χ4v) is 3.19. The number of carbonyl (C=O) groups is 1. The van der Waals surface area contributed by atoms with Crippen LogP contribution in [0.15, 0.2) is 48.5 Å². The van der Waals surface area contributed by atoms with Crippen LogP contribution in [0.3, 0.4) is 0 Å². The largest absolute Gasteiger partial charge is 0.454 e. The van der Waals surface area contributed by atoms with Crippen molar-refractivity contribution in [3.05, 3.63) is 54.1 Å². The van der Waals surface area contributed by atoms with Gasteiger partial charge in [-0.2, -0.15) is 0 Å². The molecule has 2 aliphatic rings. The maximum Gasteiger partial charge on any atom is 0.321 e. The molecule has 0 saturated carbocycles. The summed E-state index contributed by atoms with van der Waals surface area (Å²) >= 11 is 0. The number of ether oxygens (including phenoxy) is 2. The van der Waals surface area contributed by atoms with Gasteiger partial charge in [0.2, 0.25) is 6.79 Å². The second-order valence-electron chi connectivity index (χ2n) is 6.21. The molecule has 1 saturated heterocycles. The van der Waals surface area contributed by atoms with Gasteiger partial charge in [0, 0.05) is 44.0 Å². The minimum Gasteiger partial charge on any atom is -0.454 e. The highest BCUT2D eigenvalue weighted by atomic mass is 16.7. The van der Waals surface area contributed by atoms with Crippen molar-refractivity contribution in [2.24, 2.45) is 0 Å². The first-order valence-corrected chi connectivity index (χ1v) is 8.50. The summed E-state index contributed by atoms with van der Waals surface area (Å²) in [5.74, 6) is 1.67. The number of benzene rings is 2. The SMILES string of the molecule is O=C(Nc1ccccc1)N1CCN(Cc2cccc3c2OCO3)CC1. The molecule has 0 atom stereocenters. The normalized spacial score (nSPS) is 16.7.